The van der Waals surface area contributed by atoms with Gasteiger partial charge in [-0.2, -0.15) is 0 Å². The molecule has 1 atom stereocenters. The SMILES string of the molecule is CCCCCCCC(=O)OC[C@@H](O)COC(=O)CCCCCCCCCCCCCC(C)C. The van der Waals surface area contributed by atoms with Crippen LogP contribution in [0, 0.1) is 5.92 Å². The van der Waals surface area contributed by atoms with Crippen LogP contribution in [0.25, 0.3) is 0 Å². The van der Waals surface area contributed by atoms with Gasteiger partial charge in [0.05, 0.1) is 0 Å². The fourth-order valence-electron chi connectivity index (χ4n) is 3.86. The lowest BCUT2D eigenvalue weighted by atomic mass is 10.0. The Labute approximate surface area is 204 Å². The first-order valence-electron chi connectivity index (χ1n) is 13.9. The van der Waals surface area contributed by atoms with Gasteiger partial charge in [-0.15, -0.1) is 0 Å². The summed E-state index contributed by atoms with van der Waals surface area (Å²) < 4.78 is 10.1. The second-order valence-corrected chi connectivity index (χ2v) is 10.0. The van der Waals surface area contributed by atoms with Crippen LogP contribution in [0.2, 0.25) is 0 Å². The van der Waals surface area contributed by atoms with E-state index in [4.69, 9.17) is 9.47 Å². The van der Waals surface area contributed by atoms with E-state index in [-0.39, 0.29) is 25.2 Å². The van der Waals surface area contributed by atoms with Gasteiger partial charge in [-0.05, 0) is 18.8 Å². The van der Waals surface area contributed by atoms with Crippen molar-refractivity contribution in [2.45, 2.75) is 149 Å². The lowest BCUT2D eigenvalue weighted by Gasteiger charge is -2.12. The van der Waals surface area contributed by atoms with Gasteiger partial charge in [-0.3, -0.25) is 9.59 Å². The van der Waals surface area contributed by atoms with Gasteiger partial charge < -0.3 is 14.6 Å². The smallest absolute Gasteiger partial charge is 0.305 e. The van der Waals surface area contributed by atoms with E-state index in [1.54, 1.807) is 0 Å². The van der Waals surface area contributed by atoms with Gasteiger partial charge in [0, 0.05) is 12.8 Å². The molecule has 0 aliphatic rings. The van der Waals surface area contributed by atoms with Gasteiger partial charge in [0.15, 0.2) is 0 Å². The van der Waals surface area contributed by atoms with Crippen LogP contribution in [-0.2, 0) is 19.1 Å². The summed E-state index contributed by atoms with van der Waals surface area (Å²) in [6.45, 7) is 6.53. The Hall–Kier alpha value is -1.10. The molecule has 33 heavy (non-hydrogen) atoms. The highest BCUT2D eigenvalue weighted by molar-refractivity contribution is 5.69. The topological polar surface area (TPSA) is 72.8 Å². The first-order chi connectivity index (χ1) is 16.0. The minimum absolute atomic E-state index is 0.111. The first kappa shape index (κ1) is 31.9. The molecule has 5 nitrogen and oxygen atoms in total. The van der Waals surface area contributed by atoms with Gasteiger partial charge in [0.2, 0.25) is 0 Å². The normalized spacial score (nSPS) is 12.2. The molecular weight excluding hydrogens is 416 g/mol. The lowest BCUT2D eigenvalue weighted by molar-refractivity contribution is -0.152. The molecule has 1 N–H and O–H groups in total. The Morgan fingerprint density at radius 1 is 0.606 bits per heavy atom. The summed E-state index contributed by atoms with van der Waals surface area (Å²) in [5.74, 6) is 0.261. The highest BCUT2D eigenvalue weighted by Crippen LogP contribution is 2.14. The second-order valence-electron chi connectivity index (χ2n) is 10.0. The monoisotopic (exact) mass is 470 g/mol. The molecule has 0 radical (unpaired) electrons. The first-order valence-corrected chi connectivity index (χ1v) is 13.9. The summed E-state index contributed by atoms with van der Waals surface area (Å²) in [5.41, 5.74) is 0. The molecule has 0 bridgehead atoms. The minimum Gasteiger partial charge on any atom is -0.463 e. The number of rotatable bonds is 24. The molecule has 0 aromatic heterocycles. The van der Waals surface area contributed by atoms with Crippen molar-refractivity contribution < 1.29 is 24.2 Å². The van der Waals surface area contributed by atoms with Crippen molar-refractivity contribution in [3.8, 4) is 0 Å². The average molecular weight is 471 g/mol. The Bertz CT molecular complexity index is 450. The molecule has 0 aromatic carbocycles. The van der Waals surface area contributed by atoms with Crippen LogP contribution in [-0.4, -0.2) is 36.4 Å². The standard InChI is InChI=1S/C28H54O5/c1-4-5-6-14-18-21-27(30)32-23-26(29)24-33-28(31)22-19-16-13-11-9-7-8-10-12-15-17-20-25(2)3/h25-26,29H,4-24H2,1-3H3/t26-/m1/s1. The van der Waals surface area contributed by atoms with E-state index >= 15 is 0 Å². The van der Waals surface area contributed by atoms with Crippen molar-refractivity contribution in [3.63, 3.8) is 0 Å². The van der Waals surface area contributed by atoms with Crippen molar-refractivity contribution in [2.75, 3.05) is 13.2 Å². The molecule has 0 aliphatic carbocycles. The third-order valence-corrected chi connectivity index (χ3v) is 6.02. The van der Waals surface area contributed by atoms with Crippen molar-refractivity contribution >= 4 is 11.9 Å². The number of esters is 2. The molecule has 0 amide bonds. The largest absolute Gasteiger partial charge is 0.463 e. The van der Waals surface area contributed by atoms with Crippen LogP contribution in [0.5, 0.6) is 0 Å². The predicted octanol–water partition coefficient (Wildman–Crippen LogP) is 7.52. The number of hydrogen-bond donors (Lipinski definition) is 1. The Kier molecular flexibility index (Phi) is 23.2. The summed E-state index contributed by atoms with van der Waals surface area (Å²) in [6, 6.07) is 0. The zero-order valence-corrected chi connectivity index (χ0v) is 22.1. The molecule has 0 rings (SSSR count). The summed E-state index contributed by atoms with van der Waals surface area (Å²) >= 11 is 0. The Balaban J connectivity index is 3.40. The number of ether oxygens (including phenoxy) is 2. The van der Waals surface area contributed by atoms with Crippen LogP contribution < -0.4 is 0 Å². The minimum atomic E-state index is -0.951. The van der Waals surface area contributed by atoms with Crippen LogP contribution in [0.3, 0.4) is 0 Å². The van der Waals surface area contributed by atoms with E-state index in [2.05, 4.69) is 20.8 Å². The highest BCUT2D eigenvalue weighted by atomic mass is 16.6. The number of aliphatic hydroxyl groups excluding tert-OH is 1. The van der Waals surface area contributed by atoms with E-state index in [0.717, 1.165) is 38.0 Å². The fourth-order valence-corrected chi connectivity index (χ4v) is 3.86. The van der Waals surface area contributed by atoms with Crippen molar-refractivity contribution in [3.05, 3.63) is 0 Å². The molecule has 0 aliphatic heterocycles. The maximum Gasteiger partial charge on any atom is 0.305 e. The quantitative estimate of drug-likeness (QED) is 0.117. The van der Waals surface area contributed by atoms with Crippen LogP contribution >= 0.6 is 0 Å². The molecular formula is C28H54O5. The van der Waals surface area contributed by atoms with Crippen LogP contribution in [0.1, 0.15) is 143 Å². The Morgan fingerprint density at radius 3 is 1.36 bits per heavy atom. The molecule has 196 valence electrons. The summed E-state index contributed by atoms with van der Waals surface area (Å²) in [6.07, 6.45) is 20.3. The van der Waals surface area contributed by atoms with Crippen LogP contribution in [0.4, 0.5) is 0 Å². The summed E-state index contributed by atoms with van der Waals surface area (Å²) in [5, 5.41) is 9.83. The number of unbranched alkanes of at least 4 members (excludes halogenated alkanes) is 14. The lowest BCUT2D eigenvalue weighted by Crippen LogP contribution is -2.25. The summed E-state index contributed by atoms with van der Waals surface area (Å²) in [7, 11) is 0. The van der Waals surface area contributed by atoms with Gasteiger partial charge in [0.1, 0.15) is 19.3 Å². The highest BCUT2D eigenvalue weighted by Gasteiger charge is 2.12. The molecule has 0 fully saturated rings. The predicted molar refractivity (Wildman–Crippen MR) is 136 cm³/mol. The number of aliphatic hydroxyl groups is 1. The van der Waals surface area contributed by atoms with Gasteiger partial charge in [0.25, 0.3) is 0 Å². The Morgan fingerprint density at radius 2 is 0.970 bits per heavy atom. The molecule has 0 aromatic rings. The van der Waals surface area contributed by atoms with E-state index < -0.39 is 6.10 Å². The van der Waals surface area contributed by atoms with E-state index in [0.29, 0.717) is 12.8 Å². The molecule has 0 unspecified atom stereocenters. The average Bonchev–Trinajstić information content (AvgIpc) is 2.79. The fraction of sp³-hybridized carbons (Fsp3) is 0.929. The molecule has 0 saturated carbocycles. The maximum absolute atomic E-state index is 11.8. The van der Waals surface area contributed by atoms with Crippen molar-refractivity contribution in [2.24, 2.45) is 5.92 Å². The van der Waals surface area contributed by atoms with E-state index in [9.17, 15) is 14.7 Å². The van der Waals surface area contributed by atoms with E-state index in [1.165, 1.54) is 77.0 Å². The van der Waals surface area contributed by atoms with E-state index in [1.807, 2.05) is 0 Å². The molecule has 0 heterocycles. The summed E-state index contributed by atoms with van der Waals surface area (Å²) in [4.78, 5) is 23.4. The zero-order valence-electron chi connectivity index (χ0n) is 22.1. The number of carbonyl (C=O) groups is 2. The van der Waals surface area contributed by atoms with Gasteiger partial charge >= 0.3 is 11.9 Å². The molecule has 5 heteroatoms. The zero-order chi connectivity index (χ0) is 24.6. The third-order valence-electron chi connectivity index (χ3n) is 6.02. The second kappa shape index (κ2) is 24.0. The van der Waals surface area contributed by atoms with Crippen molar-refractivity contribution in [1.82, 2.24) is 0 Å². The number of hydrogen-bond acceptors (Lipinski definition) is 5. The molecule has 0 saturated heterocycles. The van der Waals surface area contributed by atoms with Gasteiger partial charge in [-0.1, -0.05) is 117 Å². The van der Waals surface area contributed by atoms with Crippen molar-refractivity contribution in [1.29, 1.82) is 0 Å². The third kappa shape index (κ3) is 25.4. The molecule has 0 spiro atoms. The maximum atomic E-state index is 11.8. The number of carbonyl (C=O) groups excluding carboxylic acids is 2. The van der Waals surface area contributed by atoms with Gasteiger partial charge in [-0.25, -0.2) is 0 Å². The van der Waals surface area contributed by atoms with Crippen LogP contribution in [0.15, 0.2) is 0 Å².